The van der Waals surface area contributed by atoms with E-state index >= 15 is 0 Å². The monoisotopic (exact) mass is 462 g/mol. The van der Waals surface area contributed by atoms with Gasteiger partial charge in [0.15, 0.2) is 0 Å². The molecular weight excluding hydrogens is 440 g/mol. The van der Waals surface area contributed by atoms with Crippen LogP contribution in [-0.2, 0) is 11.8 Å². The number of ether oxygens (including phenoxy) is 1. The third-order valence-corrected chi connectivity index (χ3v) is 6.09. The molecule has 5 aromatic rings. The number of methoxy groups -OCH3 is 1. The van der Waals surface area contributed by atoms with Crippen LogP contribution in [0.25, 0.3) is 38.8 Å². The third-order valence-electron chi connectivity index (χ3n) is 6.09. The van der Waals surface area contributed by atoms with Gasteiger partial charge in [-0.1, -0.05) is 18.2 Å². The Balaban J connectivity index is 1.95. The summed E-state index contributed by atoms with van der Waals surface area (Å²) in [6.07, 6.45) is 2.89. The lowest BCUT2D eigenvalue weighted by Gasteiger charge is -2.11. The van der Waals surface area contributed by atoms with Gasteiger partial charge in [-0.15, -0.1) is 4.99 Å². The highest BCUT2D eigenvalue weighted by molar-refractivity contribution is 6.04. The van der Waals surface area contributed by atoms with Crippen LogP contribution in [0.15, 0.2) is 65.9 Å². The van der Waals surface area contributed by atoms with Gasteiger partial charge in [0, 0.05) is 29.9 Å². The fraction of sp³-hybridized carbons (Fsp3) is 0.148. The number of imidazole rings is 1. The van der Waals surface area contributed by atoms with Gasteiger partial charge in [0.2, 0.25) is 5.62 Å². The standard InChI is InChI=1S/C27H22N6O2/c1-16-5-7-18(13-28)11-23(16)33-25-21-12-19(20-8-6-17(2)29-14-20)9-10-22(21)30-15-24(25)32(3)26(33)31-27(34)35-4/h5-12,14-15H,1-4H3/b31-26+. The Labute approximate surface area is 201 Å². The molecule has 0 fully saturated rings. The molecule has 3 aromatic heterocycles. The number of carbonyl (C=O) groups excluding carboxylic acids is 1. The van der Waals surface area contributed by atoms with Crippen LogP contribution in [0.1, 0.15) is 16.8 Å². The Hall–Kier alpha value is -4.77. The number of fused-ring (bicyclic) bond motifs is 3. The number of nitrogens with zero attached hydrogens (tertiary/aromatic N) is 6. The van der Waals surface area contributed by atoms with Crippen molar-refractivity contribution in [2.45, 2.75) is 13.8 Å². The zero-order valence-electron chi connectivity index (χ0n) is 19.8. The first-order chi connectivity index (χ1) is 16.9. The zero-order chi connectivity index (χ0) is 24.7. The maximum atomic E-state index is 12.2. The molecule has 0 aliphatic rings. The first-order valence-electron chi connectivity index (χ1n) is 11.0. The van der Waals surface area contributed by atoms with Gasteiger partial charge in [-0.2, -0.15) is 5.26 Å². The Morgan fingerprint density at radius 2 is 1.83 bits per heavy atom. The number of rotatable bonds is 2. The minimum atomic E-state index is -0.720. The van der Waals surface area contributed by atoms with Gasteiger partial charge >= 0.3 is 6.09 Å². The molecule has 5 rings (SSSR count). The molecule has 0 spiro atoms. The van der Waals surface area contributed by atoms with Crippen molar-refractivity contribution < 1.29 is 9.53 Å². The molecule has 0 N–H and O–H groups in total. The molecule has 1 amide bonds. The van der Waals surface area contributed by atoms with Gasteiger partial charge < -0.3 is 9.30 Å². The topological polar surface area (TPSA) is 98.1 Å². The maximum Gasteiger partial charge on any atom is 0.436 e. The summed E-state index contributed by atoms with van der Waals surface area (Å²) in [5.74, 6) is 0. The number of hydrogen-bond donors (Lipinski definition) is 0. The number of pyridine rings is 2. The Morgan fingerprint density at radius 3 is 2.54 bits per heavy atom. The predicted molar refractivity (Wildman–Crippen MR) is 133 cm³/mol. The smallest absolute Gasteiger partial charge is 0.436 e. The van der Waals surface area contributed by atoms with Crippen LogP contribution < -0.4 is 5.62 Å². The lowest BCUT2D eigenvalue weighted by atomic mass is 10.0. The summed E-state index contributed by atoms with van der Waals surface area (Å²) >= 11 is 0. The summed E-state index contributed by atoms with van der Waals surface area (Å²) in [5.41, 5.74) is 7.84. The van der Waals surface area contributed by atoms with Crippen molar-refractivity contribution in [2.24, 2.45) is 12.0 Å². The molecule has 2 aromatic carbocycles. The Kier molecular flexibility index (Phi) is 5.38. The SMILES string of the molecule is COC(=O)/N=c1\n(C)c2cnc3ccc(-c4ccc(C)nc4)cc3c2n1-c1cc(C#N)ccc1C. The number of carbonyl (C=O) groups is 1. The number of nitriles is 1. The predicted octanol–water partition coefficient (Wildman–Crippen LogP) is 4.73. The van der Waals surface area contributed by atoms with Gasteiger partial charge in [0.1, 0.15) is 0 Å². The Bertz CT molecular complexity index is 1740. The molecule has 0 unspecified atom stereocenters. The van der Waals surface area contributed by atoms with Crippen LogP contribution in [0.5, 0.6) is 0 Å². The fourth-order valence-corrected chi connectivity index (χ4v) is 4.22. The summed E-state index contributed by atoms with van der Waals surface area (Å²) in [5, 5.41) is 10.4. The average molecular weight is 463 g/mol. The molecule has 0 atom stereocenters. The third kappa shape index (κ3) is 3.73. The molecule has 35 heavy (non-hydrogen) atoms. The van der Waals surface area contributed by atoms with E-state index in [9.17, 15) is 10.1 Å². The molecule has 0 aliphatic carbocycles. The lowest BCUT2D eigenvalue weighted by Crippen LogP contribution is -2.25. The van der Waals surface area contributed by atoms with E-state index in [1.807, 2.05) is 62.0 Å². The van der Waals surface area contributed by atoms with Crippen molar-refractivity contribution >= 4 is 28.0 Å². The second-order valence-electron chi connectivity index (χ2n) is 8.30. The molecule has 0 saturated carbocycles. The number of aryl methyl sites for hydroxylation is 3. The molecule has 0 saturated heterocycles. The van der Waals surface area contributed by atoms with E-state index in [-0.39, 0.29) is 0 Å². The quantitative estimate of drug-likeness (QED) is 0.378. The minimum Gasteiger partial charge on any atom is -0.451 e. The minimum absolute atomic E-state index is 0.363. The molecule has 0 aliphatic heterocycles. The van der Waals surface area contributed by atoms with Crippen molar-refractivity contribution in [3.05, 3.63) is 83.4 Å². The van der Waals surface area contributed by atoms with Gasteiger partial charge in [0.25, 0.3) is 0 Å². The van der Waals surface area contributed by atoms with E-state index in [0.29, 0.717) is 11.2 Å². The van der Waals surface area contributed by atoms with Crippen molar-refractivity contribution in [3.63, 3.8) is 0 Å². The summed E-state index contributed by atoms with van der Waals surface area (Å²) < 4.78 is 8.53. The van der Waals surface area contributed by atoms with Crippen LogP contribution in [0, 0.1) is 25.2 Å². The van der Waals surface area contributed by atoms with Crippen LogP contribution in [0.3, 0.4) is 0 Å². The summed E-state index contributed by atoms with van der Waals surface area (Å²) in [7, 11) is 3.12. The summed E-state index contributed by atoms with van der Waals surface area (Å²) in [4.78, 5) is 25.6. The average Bonchev–Trinajstić information content (AvgIpc) is 3.15. The summed E-state index contributed by atoms with van der Waals surface area (Å²) in [6.45, 7) is 3.91. The molecule has 3 heterocycles. The molecule has 0 radical (unpaired) electrons. The largest absolute Gasteiger partial charge is 0.451 e. The number of amides is 1. The first kappa shape index (κ1) is 22.0. The summed E-state index contributed by atoms with van der Waals surface area (Å²) in [6, 6.07) is 17.7. The van der Waals surface area contributed by atoms with E-state index in [1.54, 1.807) is 22.9 Å². The first-order valence-corrected chi connectivity index (χ1v) is 11.0. The fourth-order valence-electron chi connectivity index (χ4n) is 4.22. The molecule has 0 bridgehead atoms. The highest BCUT2D eigenvalue weighted by atomic mass is 16.5. The van der Waals surface area contributed by atoms with Crippen molar-refractivity contribution in [1.82, 2.24) is 19.1 Å². The van der Waals surface area contributed by atoms with Crippen LogP contribution >= 0.6 is 0 Å². The highest BCUT2D eigenvalue weighted by Crippen LogP contribution is 2.30. The van der Waals surface area contributed by atoms with Crippen LogP contribution in [0.4, 0.5) is 4.79 Å². The molecule has 172 valence electrons. The second-order valence-corrected chi connectivity index (χ2v) is 8.30. The maximum absolute atomic E-state index is 12.2. The van der Waals surface area contributed by atoms with Crippen molar-refractivity contribution in [2.75, 3.05) is 7.11 Å². The van der Waals surface area contributed by atoms with Gasteiger partial charge in [-0.3, -0.25) is 14.5 Å². The van der Waals surface area contributed by atoms with E-state index < -0.39 is 6.09 Å². The van der Waals surface area contributed by atoms with Crippen molar-refractivity contribution in [3.8, 4) is 22.9 Å². The lowest BCUT2D eigenvalue weighted by molar-refractivity contribution is 0.181. The van der Waals surface area contributed by atoms with E-state index in [2.05, 4.69) is 27.1 Å². The zero-order valence-corrected chi connectivity index (χ0v) is 19.8. The van der Waals surface area contributed by atoms with E-state index in [0.717, 1.165) is 50.0 Å². The normalized spacial score (nSPS) is 11.7. The highest BCUT2D eigenvalue weighted by Gasteiger charge is 2.18. The molecular formula is C27H22N6O2. The Morgan fingerprint density at radius 1 is 1.03 bits per heavy atom. The second kappa shape index (κ2) is 8.54. The van der Waals surface area contributed by atoms with Gasteiger partial charge in [-0.25, -0.2) is 4.79 Å². The molecule has 8 heteroatoms. The van der Waals surface area contributed by atoms with Gasteiger partial charge in [0.05, 0.1) is 47.2 Å². The van der Waals surface area contributed by atoms with Crippen molar-refractivity contribution in [1.29, 1.82) is 5.26 Å². The van der Waals surface area contributed by atoms with E-state index in [1.165, 1.54) is 7.11 Å². The molecule has 8 nitrogen and oxygen atoms in total. The number of aromatic nitrogens is 4. The number of hydrogen-bond acceptors (Lipinski definition) is 5. The van der Waals surface area contributed by atoms with Crippen LogP contribution in [0.2, 0.25) is 0 Å². The van der Waals surface area contributed by atoms with Gasteiger partial charge in [-0.05, 0) is 55.3 Å². The van der Waals surface area contributed by atoms with Crippen LogP contribution in [-0.4, -0.2) is 32.3 Å². The number of benzene rings is 2. The van der Waals surface area contributed by atoms with E-state index in [4.69, 9.17) is 4.74 Å².